The quantitative estimate of drug-likeness (QED) is 0.400. The molecular weight excluding hydrogens is 361 g/mol. The summed E-state index contributed by atoms with van der Waals surface area (Å²) >= 11 is 0. The minimum atomic E-state index is -1.16. The third-order valence-corrected chi connectivity index (χ3v) is 4.55. The maximum absolute atomic E-state index is 14.8. The fourth-order valence-electron chi connectivity index (χ4n) is 3.12. The molecule has 144 valence electrons. The summed E-state index contributed by atoms with van der Waals surface area (Å²) in [5.41, 5.74) is 0.948. The molecule has 0 radical (unpaired) electrons. The van der Waals surface area contributed by atoms with Crippen LogP contribution in [0.4, 0.5) is 13.2 Å². The second kappa shape index (κ2) is 8.79. The van der Waals surface area contributed by atoms with E-state index in [2.05, 4.69) is 6.58 Å². The van der Waals surface area contributed by atoms with Crippen LogP contribution in [0.25, 0.3) is 21.9 Å². The first-order chi connectivity index (χ1) is 13.6. The third-order valence-electron chi connectivity index (χ3n) is 4.55. The minimum Gasteiger partial charge on any atom is -0.490 e. The Morgan fingerprint density at radius 3 is 2.39 bits per heavy atom. The number of allylic oxidation sites excluding steroid dienone is 2. The number of aryl methyl sites for hydroxylation is 1. The zero-order chi connectivity index (χ0) is 20.1. The maximum atomic E-state index is 14.8. The summed E-state index contributed by atoms with van der Waals surface area (Å²) in [6, 6.07) is 11.4. The van der Waals surface area contributed by atoms with Crippen molar-refractivity contribution >= 4 is 10.8 Å². The fraction of sp³-hybridized carbons (Fsp3) is 0.167. The van der Waals surface area contributed by atoms with E-state index >= 15 is 0 Å². The lowest BCUT2D eigenvalue weighted by molar-refractivity contribution is 0.363. The van der Waals surface area contributed by atoms with Crippen LogP contribution >= 0.6 is 0 Å². The van der Waals surface area contributed by atoms with Gasteiger partial charge in [-0.25, -0.2) is 13.2 Å². The molecule has 4 heteroatoms. The molecule has 3 aromatic rings. The number of rotatable bonds is 7. The van der Waals surface area contributed by atoms with Gasteiger partial charge in [-0.15, -0.1) is 0 Å². The van der Waals surface area contributed by atoms with Crippen LogP contribution in [-0.2, 0) is 6.42 Å². The summed E-state index contributed by atoms with van der Waals surface area (Å²) in [5, 5.41) is 0.0262. The minimum absolute atomic E-state index is 0.0846. The zero-order valence-corrected chi connectivity index (χ0v) is 15.6. The Hall–Kier alpha value is -3.01. The topological polar surface area (TPSA) is 9.23 Å². The van der Waals surface area contributed by atoms with Crippen molar-refractivity contribution in [2.75, 3.05) is 6.61 Å². The fourth-order valence-corrected chi connectivity index (χ4v) is 3.12. The van der Waals surface area contributed by atoms with Gasteiger partial charge in [0.1, 0.15) is 18.2 Å². The smallest absolute Gasteiger partial charge is 0.170 e. The van der Waals surface area contributed by atoms with Crippen molar-refractivity contribution in [1.82, 2.24) is 0 Å². The summed E-state index contributed by atoms with van der Waals surface area (Å²) in [5.74, 6) is -2.32. The van der Waals surface area contributed by atoms with Gasteiger partial charge in [0.05, 0.1) is 5.39 Å². The molecule has 0 atom stereocenters. The molecule has 0 spiro atoms. The molecule has 0 bridgehead atoms. The molecule has 28 heavy (non-hydrogen) atoms. The predicted octanol–water partition coefficient (Wildman–Crippen LogP) is 7.00. The molecular formula is C24H21F3O. The van der Waals surface area contributed by atoms with E-state index in [4.69, 9.17) is 4.74 Å². The average Bonchev–Trinajstić information content (AvgIpc) is 2.71. The predicted molar refractivity (Wildman–Crippen MR) is 108 cm³/mol. The summed E-state index contributed by atoms with van der Waals surface area (Å²) in [6.07, 6.45) is 6.47. The highest BCUT2D eigenvalue weighted by Gasteiger charge is 2.19. The van der Waals surface area contributed by atoms with E-state index in [9.17, 15) is 13.2 Å². The molecule has 0 fully saturated rings. The van der Waals surface area contributed by atoms with Gasteiger partial charge < -0.3 is 4.74 Å². The number of fused-ring (bicyclic) bond motifs is 1. The van der Waals surface area contributed by atoms with Gasteiger partial charge in [0.25, 0.3) is 0 Å². The summed E-state index contributed by atoms with van der Waals surface area (Å²) in [7, 11) is 0. The van der Waals surface area contributed by atoms with E-state index in [1.807, 2.05) is 19.1 Å². The van der Waals surface area contributed by atoms with Crippen LogP contribution in [0.2, 0.25) is 0 Å². The highest BCUT2D eigenvalue weighted by Crippen LogP contribution is 2.34. The third kappa shape index (κ3) is 3.96. The lowest BCUT2D eigenvalue weighted by atomic mass is 9.97. The number of hydrogen-bond acceptors (Lipinski definition) is 1. The number of halogens is 3. The van der Waals surface area contributed by atoms with Crippen molar-refractivity contribution in [3.8, 4) is 16.9 Å². The molecule has 0 unspecified atom stereocenters. The second-order valence-corrected chi connectivity index (χ2v) is 6.42. The Balaban J connectivity index is 2.02. The second-order valence-electron chi connectivity index (χ2n) is 6.42. The molecule has 0 saturated carbocycles. The normalized spacial score (nSPS) is 11.3. The van der Waals surface area contributed by atoms with Crippen LogP contribution in [0, 0.1) is 17.5 Å². The molecule has 0 amide bonds. The Bertz CT molecular complexity index is 1020. The lowest BCUT2D eigenvalue weighted by Crippen LogP contribution is -1.98. The molecule has 0 heterocycles. The Morgan fingerprint density at radius 2 is 1.71 bits per heavy atom. The van der Waals surface area contributed by atoms with Gasteiger partial charge in [0.2, 0.25) is 0 Å². The number of benzene rings is 3. The van der Waals surface area contributed by atoms with E-state index in [0.29, 0.717) is 41.7 Å². The van der Waals surface area contributed by atoms with Crippen LogP contribution in [-0.4, -0.2) is 6.61 Å². The SMILES string of the molecule is C=CCOc1ccc(-c2cc3ccc(CC/C=C/C)c(F)c3c(F)c2F)cc1. The standard InChI is InChI=1S/C24H21F3O/c1-3-5-6-7-17-8-9-18-15-20(23(26)24(27)21(18)22(17)25)16-10-12-19(13-11-16)28-14-4-2/h3-5,8-13,15H,2,6-7,14H2,1H3/b5-3+. The van der Waals surface area contributed by atoms with Gasteiger partial charge in [0.15, 0.2) is 11.6 Å². The van der Waals surface area contributed by atoms with E-state index < -0.39 is 17.5 Å². The van der Waals surface area contributed by atoms with Gasteiger partial charge in [-0.3, -0.25) is 0 Å². The molecule has 3 rings (SSSR count). The molecule has 1 nitrogen and oxygen atoms in total. The molecule has 0 saturated heterocycles. The van der Waals surface area contributed by atoms with Crippen molar-refractivity contribution < 1.29 is 17.9 Å². The summed E-state index contributed by atoms with van der Waals surface area (Å²) in [6.45, 7) is 5.81. The first-order valence-electron chi connectivity index (χ1n) is 9.11. The average molecular weight is 382 g/mol. The molecule has 0 aliphatic heterocycles. The van der Waals surface area contributed by atoms with Crippen molar-refractivity contribution in [2.24, 2.45) is 0 Å². The number of hydrogen-bond donors (Lipinski definition) is 0. The Morgan fingerprint density at radius 1 is 0.964 bits per heavy atom. The van der Waals surface area contributed by atoms with E-state index in [1.165, 1.54) is 6.07 Å². The van der Waals surface area contributed by atoms with Gasteiger partial charge >= 0.3 is 0 Å². The van der Waals surface area contributed by atoms with Gasteiger partial charge in [0, 0.05) is 5.56 Å². The summed E-state index contributed by atoms with van der Waals surface area (Å²) in [4.78, 5) is 0. The van der Waals surface area contributed by atoms with Gasteiger partial charge in [-0.1, -0.05) is 49.1 Å². The van der Waals surface area contributed by atoms with Gasteiger partial charge in [-0.2, -0.15) is 0 Å². The molecule has 0 aliphatic rings. The highest BCUT2D eigenvalue weighted by molar-refractivity contribution is 5.89. The van der Waals surface area contributed by atoms with Crippen LogP contribution in [0.5, 0.6) is 5.75 Å². The molecule has 0 N–H and O–H groups in total. The lowest BCUT2D eigenvalue weighted by Gasteiger charge is -2.12. The number of ether oxygens (including phenoxy) is 1. The maximum Gasteiger partial charge on any atom is 0.170 e. The molecule has 3 aromatic carbocycles. The van der Waals surface area contributed by atoms with Crippen LogP contribution in [0.1, 0.15) is 18.9 Å². The first kappa shape index (κ1) is 19.7. The Labute approximate surface area is 162 Å². The molecule has 0 aromatic heterocycles. The van der Waals surface area contributed by atoms with E-state index in [1.54, 1.807) is 42.5 Å². The zero-order valence-electron chi connectivity index (χ0n) is 15.6. The molecule has 0 aliphatic carbocycles. The van der Waals surface area contributed by atoms with Gasteiger partial charge in [-0.05, 0) is 54.5 Å². The Kier molecular flexibility index (Phi) is 6.19. The van der Waals surface area contributed by atoms with Crippen molar-refractivity contribution in [1.29, 1.82) is 0 Å². The van der Waals surface area contributed by atoms with E-state index in [-0.39, 0.29) is 10.9 Å². The van der Waals surface area contributed by atoms with Crippen LogP contribution in [0.3, 0.4) is 0 Å². The van der Waals surface area contributed by atoms with Crippen molar-refractivity contribution in [3.63, 3.8) is 0 Å². The van der Waals surface area contributed by atoms with Crippen LogP contribution in [0.15, 0.2) is 67.3 Å². The summed E-state index contributed by atoms with van der Waals surface area (Å²) < 4.78 is 49.7. The highest BCUT2D eigenvalue weighted by atomic mass is 19.2. The van der Waals surface area contributed by atoms with Crippen LogP contribution < -0.4 is 4.74 Å². The largest absolute Gasteiger partial charge is 0.490 e. The van der Waals surface area contributed by atoms with Crippen molar-refractivity contribution in [3.05, 3.63) is 90.3 Å². The van der Waals surface area contributed by atoms with Crippen molar-refractivity contribution in [2.45, 2.75) is 19.8 Å². The van der Waals surface area contributed by atoms with E-state index in [0.717, 1.165) is 0 Å². The first-order valence-corrected chi connectivity index (χ1v) is 9.11. The monoisotopic (exact) mass is 382 g/mol.